The Bertz CT molecular complexity index is 1400. The van der Waals surface area contributed by atoms with Crippen LogP contribution in [0.4, 0.5) is 21.4 Å². The van der Waals surface area contributed by atoms with Crippen LogP contribution in [0, 0.1) is 5.92 Å². The first-order valence-electron chi connectivity index (χ1n) is 16.7. The highest BCUT2D eigenvalue weighted by molar-refractivity contribution is 6.06. The Balaban J connectivity index is 1.43. The lowest BCUT2D eigenvalue weighted by atomic mass is 9.94. The standard InChI is InChI=1S/C35H49N5O6/c1-34(2,3)45-32(42)38-19-15-24(16-20-38)23-39(30(41)26-12-13-28-25(22-26)17-21-44-28)29-14-18-36-31(37-29)40(27-10-8-7-9-11-27)33(43)46-35(4,5)6/h12-14,18,22,24,27H,7-11,15-17,19-21,23H2,1-6H3. The highest BCUT2D eigenvalue weighted by Crippen LogP contribution is 2.31. The molecular formula is C35H49N5O6. The van der Waals surface area contributed by atoms with Crippen molar-refractivity contribution < 1.29 is 28.6 Å². The van der Waals surface area contributed by atoms with E-state index in [4.69, 9.17) is 19.2 Å². The number of fused-ring (bicyclic) bond motifs is 1. The summed E-state index contributed by atoms with van der Waals surface area (Å²) in [6.45, 7) is 13.2. The third kappa shape index (κ3) is 8.47. The van der Waals surface area contributed by atoms with Crippen LogP contribution in [0.1, 0.15) is 102 Å². The molecule has 1 aromatic carbocycles. The number of rotatable bonds is 6. The number of likely N-dealkylation sites (tertiary alicyclic amines) is 1. The summed E-state index contributed by atoms with van der Waals surface area (Å²) in [6.07, 6.45) is 7.81. The van der Waals surface area contributed by atoms with Crippen molar-refractivity contribution in [2.75, 3.05) is 36.0 Å². The molecule has 2 aliphatic heterocycles. The molecule has 1 saturated heterocycles. The highest BCUT2D eigenvalue weighted by atomic mass is 16.6. The molecular weight excluding hydrogens is 586 g/mol. The fourth-order valence-electron chi connectivity index (χ4n) is 6.29. The minimum Gasteiger partial charge on any atom is -0.493 e. The van der Waals surface area contributed by atoms with E-state index >= 15 is 0 Å². The molecule has 1 aromatic heterocycles. The van der Waals surface area contributed by atoms with E-state index in [1.54, 1.807) is 33.0 Å². The maximum Gasteiger partial charge on any atom is 0.417 e. The second-order valence-electron chi connectivity index (χ2n) is 14.6. The predicted molar refractivity (Wildman–Crippen MR) is 175 cm³/mol. The summed E-state index contributed by atoms with van der Waals surface area (Å²) in [6, 6.07) is 7.19. The van der Waals surface area contributed by atoms with E-state index in [0.717, 1.165) is 49.8 Å². The minimum absolute atomic E-state index is 0.0862. The van der Waals surface area contributed by atoms with Crippen molar-refractivity contribution in [3.63, 3.8) is 0 Å². The Morgan fingerprint density at radius 1 is 0.935 bits per heavy atom. The van der Waals surface area contributed by atoms with Gasteiger partial charge in [0.05, 0.1) is 6.61 Å². The third-order valence-corrected chi connectivity index (χ3v) is 8.54. The van der Waals surface area contributed by atoms with E-state index in [-0.39, 0.29) is 29.9 Å². The zero-order valence-corrected chi connectivity index (χ0v) is 28.2. The summed E-state index contributed by atoms with van der Waals surface area (Å²) >= 11 is 0. The van der Waals surface area contributed by atoms with Gasteiger partial charge < -0.3 is 19.1 Å². The highest BCUT2D eigenvalue weighted by Gasteiger charge is 2.35. The molecule has 2 fully saturated rings. The lowest BCUT2D eigenvalue weighted by Crippen LogP contribution is -2.46. The number of hydrogen-bond acceptors (Lipinski definition) is 8. The van der Waals surface area contributed by atoms with Gasteiger partial charge in [-0.3, -0.25) is 9.69 Å². The zero-order chi connectivity index (χ0) is 33.1. The van der Waals surface area contributed by atoms with Crippen LogP contribution < -0.4 is 14.5 Å². The van der Waals surface area contributed by atoms with Crippen molar-refractivity contribution in [3.8, 4) is 5.75 Å². The van der Waals surface area contributed by atoms with Crippen molar-refractivity contribution in [2.45, 2.75) is 110 Å². The Kier molecular flexibility index (Phi) is 10.1. The SMILES string of the molecule is CC(C)(C)OC(=O)N1CCC(CN(C(=O)c2ccc3c(c2)CCO3)c2ccnc(N(C(=O)OC(C)(C)C)C3CCCCC3)n2)CC1. The molecule has 5 rings (SSSR count). The second-order valence-corrected chi connectivity index (χ2v) is 14.6. The van der Waals surface area contributed by atoms with Crippen LogP contribution in [-0.2, 0) is 15.9 Å². The van der Waals surface area contributed by atoms with Crippen molar-refractivity contribution >= 4 is 29.9 Å². The number of anilines is 2. The lowest BCUT2D eigenvalue weighted by Gasteiger charge is -2.36. The van der Waals surface area contributed by atoms with Crippen LogP contribution in [0.2, 0.25) is 0 Å². The quantitative estimate of drug-likeness (QED) is 0.341. The first-order chi connectivity index (χ1) is 21.8. The number of amides is 3. The number of carbonyl (C=O) groups excluding carboxylic acids is 3. The van der Waals surface area contributed by atoms with Crippen LogP contribution in [0.5, 0.6) is 5.75 Å². The molecule has 250 valence electrons. The lowest BCUT2D eigenvalue weighted by molar-refractivity contribution is 0.0185. The van der Waals surface area contributed by atoms with Crippen LogP contribution in [0.3, 0.4) is 0 Å². The van der Waals surface area contributed by atoms with Gasteiger partial charge in [0.2, 0.25) is 5.95 Å². The summed E-state index contributed by atoms with van der Waals surface area (Å²) in [5.41, 5.74) is 0.308. The van der Waals surface area contributed by atoms with Gasteiger partial charge in [-0.05, 0) is 103 Å². The topological polar surface area (TPSA) is 114 Å². The number of piperidine rings is 1. The van der Waals surface area contributed by atoms with Gasteiger partial charge in [-0.25, -0.2) is 19.5 Å². The van der Waals surface area contributed by atoms with Crippen LogP contribution in [0.15, 0.2) is 30.5 Å². The summed E-state index contributed by atoms with van der Waals surface area (Å²) in [5.74, 6) is 1.40. The largest absolute Gasteiger partial charge is 0.493 e. The number of carbonyl (C=O) groups is 3. The average molecular weight is 636 g/mol. The molecule has 0 N–H and O–H groups in total. The second kappa shape index (κ2) is 13.8. The number of ether oxygens (including phenoxy) is 3. The van der Waals surface area contributed by atoms with Gasteiger partial charge in [0.25, 0.3) is 5.91 Å². The zero-order valence-electron chi connectivity index (χ0n) is 28.2. The van der Waals surface area contributed by atoms with Crippen LogP contribution >= 0.6 is 0 Å². The summed E-state index contributed by atoms with van der Waals surface area (Å²) in [5, 5.41) is 0. The van der Waals surface area contributed by atoms with Gasteiger partial charge in [0.15, 0.2) is 0 Å². The van der Waals surface area contributed by atoms with Gasteiger partial charge in [0, 0.05) is 43.9 Å². The summed E-state index contributed by atoms with van der Waals surface area (Å²) < 4.78 is 17.1. The van der Waals surface area contributed by atoms with E-state index in [0.29, 0.717) is 50.5 Å². The molecule has 3 heterocycles. The Morgan fingerprint density at radius 2 is 1.63 bits per heavy atom. The fourth-order valence-corrected chi connectivity index (χ4v) is 6.29. The monoisotopic (exact) mass is 635 g/mol. The van der Waals surface area contributed by atoms with E-state index in [9.17, 15) is 14.4 Å². The van der Waals surface area contributed by atoms with Crippen molar-refractivity contribution in [3.05, 3.63) is 41.6 Å². The third-order valence-electron chi connectivity index (χ3n) is 8.54. The first-order valence-corrected chi connectivity index (χ1v) is 16.7. The van der Waals surface area contributed by atoms with Gasteiger partial charge in [-0.15, -0.1) is 0 Å². The van der Waals surface area contributed by atoms with E-state index < -0.39 is 17.3 Å². The van der Waals surface area contributed by atoms with E-state index in [1.165, 1.54) is 0 Å². The summed E-state index contributed by atoms with van der Waals surface area (Å²) in [7, 11) is 0. The average Bonchev–Trinajstić information content (AvgIpc) is 3.47. The normalized spacial score (nSPS) is 17.6. The molecule has 11 nitrogen and oxygen atoms in total. The maximum absolute atomic E-state index is 14.3. The van der Waals surface area contributed by atoms with E-state index in [2.05, 4.69) is 4.98 Å². The number of benzene rings is 1. The molecule has 11 heteroatoms. The van der Waals surface area contributed by atoms with Crippen molar-refractivity contribution in [1.29, 1.82) is 0 Å². The molecule has 0 spiro atoms. The molecule has 1 saturated carbocycles. The van der Waals surface area contributed by atoms with Crippen LogP contribution in [0.25, 0.3) is 0 Å². The van der Waals surface area contributed by atoms with Gasteiger partial charge in [-0.1, -0.05) is 19.3 Å². The van der Waals surface area contributed by atoms with Crippen molar-refractivity contribution in [1.82, 2.24) is 14.9 Å². The Morgan fingerprint density at radius 3 is 2.30 bits per heavy atom. The van der Waals surface area contributed by atoms with Gasteiger partial charge >= 0.3 is 12.2 Å². The minimum atomic E-state index is -0.685. The van der Waals surface area contributed by atoms with Gasteiger partial charge in [0.1, 0.15) is 22.8 Å². The predicted octanol–water partition coefficient (Wildman–Crippen LogP) is 6.78. The number of aromatic nitrogens is 2. The molecule has 0 radical (unpaired) electrons. The Hall–Kier alpha value is -3.89. The first kappa shape index (κ1) is 33.5. The summed E-state index contributed by atoms with van der Waals surface area (Å²) in [4.78, 5) is 55.0. The fraction of sp³-hybridized carbons (Fsp3) is 0.629. The number of hydrogen-bond donors (Lipinski definition) is 0. The molecule has 46 heavy (non-hydrogen) atoms. The molecule has 0 bridgehead atoms. The molecule has 2 aromatic rings. The molecule has 0 atom stereocenters. The molecule has 0 unspecified atom stereocenters. The van der Waals surface area contributed by atoms with Gasteiger partial charge in [-0.2, -0.15) is 4.98 Å². The maximum atomic E-state index is 14.3. The van der Waals surface area contributed by atoms with Crippen molar-refractivity contribution in [2.24, 2.45) is 5.92 Å². The molecule has 3 aliphatic rings. The van der Waals surface area contributed by atoms with Crippen LogP contribution in [-0.4, -0.2) is 76.4 Å². The van der Waals surface area contributed by atoms with E-state index in [1.807, 2.05) is 53.7 Å². The molecule has 3 amide bonds. The Labute approximate surface area is 272 Å². The number of nitrogens with zero attached hydrogens (tertiary/aromatic N) is 5. The molecule has 1 aliphatic carbocycles. The smallest absolute Gasteiger partial charge is 0.417 e.